The van der Waals surface area contributed by atoms with Gasteiger partial charge in [-0.2, -0.15) is 0 Å². The van der Waals surface area contributed by atoms with Crippen LogP contribution in [0.3, 0.4) is 0 Å². The number of aliphatic hydroxyl groups is 1. The smallest absolute Gasteiger partial charge is 0.274 e. The molecular weight excluding hydrogens is 538 g/mol. The Balaban J connectivity index is 1.26. The molecule has 41 heavy (non-hydrogen) atoms. The fraction of sp³-hybridized carbons (Fsp3) is 0.172. The quantitative estimate of drug-likeness (QED) is 0.128. The Bertz CT molecular complexity index is 1630. The van der Waals surface area contributed by atoms with Gasteiger partial charge in [0, 0.05) is 34.6 Å². The number of carbonyl (C=O) groups excluding carboxylic acids is 3. The third kappa shape index (κ3) is 6.13. The van der Waals surface area contributed by atoms with Gasteiger partial charge in [0.1, 0.15) is 17.0 Å². The van der Waals surface area contributed by atoms with Gasteiger partial charge in [0.15, 0.2) is 11.6 Å². The van der Waals surface area contributed by atoms with Crippen LogP contribution in [0.1, 0.15) is 23.2 Å². The molecule has 0 bridgehead atoms. The summed E-state index contributed by atoms with van der Waals surface area (Å²) in [7, 11) is 0. The first-order valence-electron chi connectivity index (χ1n) is 12.6. The Labute approximate surface area is 232 Å². The molecule has 210 valence electrons. The van der Waals surface area contributed by atoms with Crippen LogP contribution < -0.4 is 20.9 Å². The molecule has 4 N–H and O–H groups in total. The van der Waals surface area contributed by atoms with Crippen LogP contribution in [0.25, 0.3) is 10.9 Å². The molecule has 1 aliphatic rings. The monoisotopic (exact) mass is 562 g/mol. The first kappa shape index (κ1) is 27.6. The van der Waals surface area contributed by atoms with Gasteiger partial charge < -0.3 is 20.5 Å². The highest BCUT2D eigenvalue weighted by Gasteiger charge is 2.56. The van der Waals surface area contributed by atoms with Gasteiger partial charge in [0.2, 0.25) is 11.8 Å². The predicted molar refractivity (Wildman–Crippen MR) is 144 cm³/mol. The van der Waals surface area contributed by atoms with Gasteiger partial charge in [-0.3, -0.25) is 24.2 Å². The summed E-state index contributed by atoms with van der Waals surface area (Å²) < 4.78 is 33.9. The molecule has 0 aliphatic heterocycles. The second-order valence-electron chi connectivity index (χ2n) is 9.29. The summed E-state index contributed by atoms with van der Waals surface area (Å²) in [6.45, 7) is -0.307. The van der Waals surface area contributed by atoms with E-state index in [1.807, 2.05) is 0 Å². The van der Waals surface area contributed by atoms with E-state index in [9.17, 15) is 18.8 Å². The van der Waals surface area contributed by atoms with E-state index in [1.165, 1.54) is 60.8 Å². The van der Waals surface area contributed by atoms with Crippen LogP contribution in [0, 0.1) is 17.0 Å². The Morgan fingerprint density at radius 2 is 1.59 bits per heavy atom. The fourth-order valence-corrected chi connectivity index (χ4v) is 4.07. The topological polar surface area (TPSA) is 139 Å². The number of rotatable bonds is 10. The minimum absolute atomic E-state index is 0.0582. The maximum atomic E-state index is 15.0. The second-order valence-corrected chi connectivity index (χ2v) is 9.29. The molecule has 5 rings (SSSR count). The third-order valence-electron chi connectivity index (χ3n) is 6.45. The van der Waals surface area contributed by atoms with Crippen molar-refractivity contribution < 1.29 is 37.8 Å². The summed E-state index contributed by atoms with van der Waals surface area (Å²) in [4.78, 5) is 46.9. The number of aromatic nitrogens is 1. The van der Waals surface area contributed by atoms with Crippen LogP contribution >= 0.6 is 0 Å². The van der Waals surface area contributed by atoms with Gasteiger partial charge in [0.25, 0.3) is 5.91 Å². The summed E-state index contributed by atoms with van der Waals surface area (Å²) in [6, 6.07) is 15.2. The number of pyridine rings is 1. The number of nitrogens with one attached hydrogen (secondary N) is 3. The molecule has 4 aromatic rings. The molecule has 1 aromatic heterocycles. The van der Waals surface area contributed by atoms with Gasteiger partial charge >= 0.3 is 0 Å². The van der Waals surface area contributed by atoms with Crippen molar-refractivity contribution in [3.05, 3.63) is 90.1 Å². The van der Waals surface area contributed by atoms with Gasteiger partial charge in [-0.1, -0.05) is 0 Å². The molecule has 1 saturated carbocycles. The molecule has 0 spiro atoms. The van der Waals surface area contributed by atoms with Crippen molar-refractivity contribution in [2.24, 2.45) is 5.41 Å². The molecular formula is C29H24F2N4O6. The number of hydroxylamine groups is 1. The van der Waals surface area contributed by atoms with E-state index in [0.29, 0.717) is 29.4 Å². The minimum Gasteiger partial charge on any atom is -0.454 e. The number of halogens is 2. The van der Waals surface area contributed by atoms with E-state index < -0.39 is 34.8 Å². The van der Waals surface area contributed by atoms with Crippen LogP contribution in [0.5, 0.6) is 11.5 Å². The molecule has 1 heterocycles. The second kappa shape index (κ2) is 11.7. The average Bonchev–Trinajstić information content (AvgIpc) is 3.78. The zero-order valence-corrected chi connectivity index (χ0v) is 21.4. The highest BCUT2D eigenvalue weighted by atomic mass is 19.1. The largest absolute Gasteiger partial charge is 0.454 e. The zero-order chi connectivity index (χ0) is 29.0. The van der Waals surface area contributed by atoms with Crippen molar-refractivity contribution in [2.75, 3.05) is 23.8 Å². The zero-order valence-electron chi connectivity index (χ0n) is 21.4. The average molecular weight is 563 g/mol. The number of nitrogens with zero attached hydrogens (tertiary/aromatic N) is 1. The van der Waals surface area contributed by atoms with Crippen LogP contribution in [-0.2, 0) is 14.4 Å². The first-order chi connectivity index (χ1) is 19.8. The summed E-state index contributed by atoms with van der Waals surface area (Å²) in [5, 5.41) is 14.5. The first-order valence-corrected chi connectivity index (χ1v) is 12.6. The van der Waals surface area contributed by atoms with E-state index in [0.717, 1.165) is 6.07 Å². The number of anilines is 2. The minimum atomic E-state index is -1.29. The lowest BCUT2D eigenvalue weighted by Crippen LogP contribution is -2.35. The van der Waals surface area contributed by atoms with Crippen molar-refractivity contribution >= 4 is 40.0 Å². The molecule has 12 heteroatoms. The van der Waals surface area contributed by atoms with E-state index in [-0.39, 0.29) is 36.0 Å². The van der Waals surface area contributed by atoms with E-state index in [1.54, 1.807) is 6.07 Å². The molecule has 1 fully saturated rings. The predicted octanol–water partition coefficient (Wildman–Crippen LogP) is 4.32. The van der Waals surface area contributed by atoms with Gasteiger partial charge in [-0.15, -0.1) is 0 Å². The Kier molecular flexibility index (Phi) is 7.86. The number of aliphatic hydroxyl groups excluding tert-OH is 1. The molecule has 10 nitrogen and oxygen atoms in total. The molecule has 0 atom stereocenters. The van der Waals surface area contributed by atoms with Crippen LogP contribution in [0.2, 0.25) is 0 Å². The number of carbonyl (C=O) groups is 3. The standard InChI is InChI=1S/C29H24F2N4O6/c30-18-2-4-19(5-3-18)33-27(38)29(10-11-29)28(39)34-20-6-8-25(22(31)16-20)41-24-9-12-32-23-15-17(1-7-21(23)24)26(37)35-40-14-13-36/h1-9,12,15-16,36H,10-11,13-14H2,(H,33,38)(H,34,39)(H,35,37). The SMILES string of the molecule is O=C(NOCCO)c1ccc2c(Oc3ccc(NC(=O)C4(C(=O)Nc5ccc(F)cc5)CC4)cc3F)ccnc2c1. The van der Waals surface area contributed by atoms with Crippen LogP contribution in [-0.4, -0.2) is 41.0 Å². The third-order valence-corrected chi connectivity index (χ3v) is 6.45. The molecule has 0 radical (unpaired) electrons. The van der Waals surface area contributed by atoms with E-state index in [4.69, 9.17) is 14.7 Å². The normalized spacial score (nSPS) is 13.3. The van der Waals surface area contributed by atoms with Crippen LogP contribution in [0.15, 0.2) is 72.9 Å². The number of hydrogen-bond acceptors (Lipinski definition) is 7. The highest BCUT2D eigenvalue weighted by molar-refractivity contribution is 6.16. The molecule has 3 amide bonds. The van der Waals surface area contributed by atoms with Crippen molar-refractivity contribution in [1.29, 1.82) is 0 Å². The summed E-state index contributed by atoms with van der Waals surface area (Å²) in [5.74, 6) is -2.68. The van der Waals surface area contributed by atoms with Crippen molar-refractivity contribution in [3.8, 4) is 11.5 Å². The number of ether oxygens (including phenoxy) is 1. The Morgan fingerprint density at radius 3 is 2.27 bits per heavy atom. The van der Waals surface area contributed by atoms with Crippen molar-refractivity contribution in [1.82, 2.24) is 10.5 Å². The summed E-state index contributed by atoms with van der Waals surface area (Å²) in [5.41, 5.74) is 2.08. The van der Waals surface area contributed by atoms with Gasteiger partial charge in [-0.05, 0) is 73.5 Å². The van der Waals surface area contributed by atoms with Crippen molar-refractivity contribution in [3.63, 3.8) is 0 Å². The highest BCUT2D eigenvalue weighted by Crippen LogP contribution is 2.47. The Hall–Kier alpha value is -4.94. The van der Waals surface area contributed by atoms with E-state index in [2.05, 4.69) is 21.1 Å². The lowest BCUT2D eigenvalue weighted by Gasteiger charge is -2.16. The van der Waals surface area contributed by atoms with Crippen molar-refractivity contribution in [2.45, 2.75) is 12.8 Å². The Morgan fingerprint density at radius 1 is 0.878 bits per heavy atom. The maximum absolute atomic E-state index is 15.0. The van der Waals surface area contributed by atoms with Gasteiger partial charge in [0.05, 0.1) is 18.7 Å². The lowest BCUT2D eigenvalue weighted by atomic mass is 10.0. The number of amides is 3. The number of benzene rings is 3. The summed E-state index contributed by atoms with van der Waals surface area (Å²) >= 11 is 0. The maximum Gasteiger partial charge on any atom is 0.274 e. The number of fused-ring (bicyclic) bond motifs is 1. The molecule has 0 saturated heterocycles. The molecule has 1 aliphatic carbocycles. The van der Waals surface area contributed by atoms with E-state index >= 15 is 4.39 Å². The summed E-state index contributed by atoms with van der Waals surface area (Å²) in [6.07, 6.45) is 2.09. The molecule has 3 aromatic carbocycles. The number of hydrogen-bond donors (Lipinski definition) is 4. The lowest BCUT2D eigenvalue weighted by molar-refractivity contribution is -0.131. The van der Waals surface area contributed by atoms with Crippen LogP contribution in [0.4, 0.5) is 20.2 Å². The molecule has 0 unspecified atom stereocenters. The fourth-order valence-electron chi connectivity index (χ4n) is 4.07. The van der Waals surface area contributed by atoms with Gasteiger partial charge in [-0.25, -0.2) is 14.3 Å².